The van der Waals surface area contributed by atoms with Crippen LogP contribution in [0, 0.1) is 29.4 Å². The lowest BCUT2D eigenvalue weighted by Crippen LogP contribution is -2.25. The number of rotatable bonds is 6. The maximum atomic E-state index is 14.2. The molecular formula is C23H34F2O. The van der Waals surface area contributed by atoms with Gasteiger partial charge in [-0.2, -0.15) is 0 Å². The molecule has 3 rings (SSSR count). The average molecular weight is 365 g/mol. The second-order valence-corrected chi connectivity index (χ2v) is 8.62. The molecule has 1 aromatic carbocycles. The molecular weight excluding hydrogens is 330 g/mol. The summed E-state index contributed by atoms with van der Waals surface area (Å²) >= 11 is 0. The van der Waals surface area contributed by atoms with Gasteiger partial charge in [-0.3, -0.25) is 0 Å². The van der Waals surface area contributed by atoms with Gasteiger partial charge in [0.15, 0.2) is 0 Å². The average Bonchev–Trinajstić information content (AvgIpc) is 2.66. The largest absolute Gasteiger partial charge is 0.396 e. The van der Waals surface area contributed by atoms with Crippen LogP contribution < -0.4 is 0 Å². The normalized spacial score (nSPS) is 29.7. The lowest BCUT2D eigenvalue weighted by Gasteiger charge is -2.38. The second-order valence-electron chi connectivity index (χ2n) is 8.62. The molecule has 3 heteroatoms. The Bertz CT molecular complexity index is 547. The maximum absolute atomic E-state index is 14.2. The van der Waals surface area contributed by atoms with Gasteiger partial charge in [0.2, 0.25) is 0 Å². The number of aliphatic hydroxyl groups excluding tert-OH is 1. The first-order valence-corrected chi connectivity index (χ1v) is 10.7. The predicted molar refractivity (Wildman–Crippen MR) is 102 cm³/mol. The molecule has 2 aliphatic carbocycles. The minimum absolute atomic E-state index is 0.0220. The Morgan fingerprint density at radius 2 is 1.42 bits per heavy atom. The molecule has 0 saturated heterocycles. The van der Waals surface area contributed by atoms with Crippen LogP contribution in [0.1, 0.15) is 88.2 Å². The third-order valence-corrected chi connectivity index (χ3v) is 7.02. The standard InChI is InChI=1S/C23H34F2O/c1-2-3-16-4-6-17(7-5-16)18-8-10-19(11-9-18)20-14-22(24)21(12-13-26)23(25)15-20/h14-19,26H,2-13H2,1H3. The highest BCUT2D eigenvalue weighted by molar-refractivity contribution is 5.29. The number of benzene rings is 1. The number of hydrogen-bond donors (Lipinski definition) is 1. The van der Waals surface area contributed by atoms with Gasteiger partial charge in [0.1, 0.15) is 11.6 Å². The summed E-state index contributed by atoms with van der Waals surface area (Å²) in [7, 11) is 0. The summed E-state index contributed by atoms with van der Waals surface area (Å²) in [6.45, 7) is 2.06. The topological polar surface area (TPSA) is 20.2 Å². The summed E-state index contributed by atoms with van der Waals surface area (Å²) in [5.74, 6) is 1.95. The third-order valence-electron chi connectivity index (χ3n) is 7.02. The number of halogens is 2. The minimum atomic E-state index is -0.495. The van der Waals surface area contributed by atoms with E-state index in [-0.39, 0.29) is 24.5 Å². The van der Waals surface area contributed by atoms with Crippen LogP contribution >= 0.6 is 0 Å². The predicted octanol–water partition coefficient (Wildman–Crippen LogP) is 6.38. The van der Waals surface area contributed by atoms with Gasteiger partial charge in [-0.15, -0.1) is 0 Å². The highest BCUT2D eigenvalue weighted by atomic mass is 19.1. The van der Waals surface area contributed by atoms with Crippen molar-refractivity contribution in [2.24, 2.45) is 17.8 Å². The second kappa shape index (κ2) is 9.30. The Morgan fingerprint density at radius 3 is 1.92 bits per heavy atom. The molecule has 0 aliphatic heterocycles. The van der Waals surface area contributed by atoms with E-state index in [1.165, 1.54) is 63.5 Å². The van der Waals surface area contributed by atoms with Crippen molar-refractivity contribution in [1.82, 2.24) is 0 Å². The molecule has 0 radical (unpaired) electrons. The van der Waals surface area contributed by atoms with Crippen molar-refractivity contribution in [3.8, 4) is 0 Å². The van der Waals surface area contributed by atoms with Crippen molar-refractivity contribution in [1.29, 1.82) is 0 Å². The van der Waals surface area contributed by atoms with Crippen molar-refractivity contribution in [3.05, 3.63) is 34.9 Å². The van der Waals surface area contributed by atoms with Crippen molar-refractivity contribution in [2.75, 3.05) is 6.61 Å². The molecule has 26 heavy (non-hydrogen) atoms. The smallest absolute Gasteiger partial charge is 0.129 e. The van der Waals surface area contributed by atoms with Gasteiger partial charge in [0, 0.05) is 18.6 Å². The zero-order chi connectivity index (χ0) is 18.5. The Labute approximate surface area is 157 Å². The van der Waals surface area contributed by atoms with Gasteiger partial charge in [-0.05, 0) is 79.9 Å². The van der Waals surface area contributed by atoms with Crippen molar-refractivity contribution >= 4 is 0 Å². The molecule has 2 aliphatic rings. The van der Waals surface area contributed by atoms with E-state index in [2.05, 4.69) is 6.92 Å². The van der Waals surface area contributed by atoms with Gasteiger partial charge in [0.25, 0.3) is 0 Å². The van der Waals surface area contributed by atoms with Crippen LogP contribution in [0.15, 0.2) is 12.1 Å². The fourth-order valence-electron chi connectivity index (χ4n) is 5.49. The first-order valence-electron chi connectivity index (χ1n) is 10.7. The zero-order valence-corrected chi connectivity index (χ0v) is 16.2. The molecule has 146 valence electrons. The number of hydrogen-bond acceptors (Lipinski definition) is 1. The highest BCUT2D eigenvalue weighted by Gasteiger charge is 2.31. The monoisotopic (exact) mass is 364 g/mol. The SMILES string of the molecule is CCCC1CCC(C2CCC(c3cc(F)c(CCO)c(F)c3)CC2)CC1. The molecule has 1 aromatic rings. The van der Waals surface area contributed by atoms with Crippen molar-refractivity contribution in [2.45, 2.75) is 83.5 Å². The van der Waals surface area contributed by atoms with E-state index in [1.54, 1.807) is 0 Å². The molecule has 0 amide bonds. The fraction of sp³-hybridized carbons (Fsp3) is 0.739. The van der Waals surface area contributed by atoms with Crippen LogP contribution in [0.2, 0.25) is 0 Å². The number of aliphatic hydroxyl groups is 1. The molecule has 0 atom stereocenters. The van der Waals surface area contributed by atoms with E-state index in [0.717, 1.165) is 36.2 Å². The quantitative estimate of drug-likeness (QED) is 0.621. The molecule has 0 aromatic heterocycles. The van der Waals surface area contributed by atoms with Crippen molar-refractivity contribution < 1.29 is 13.9 Å². The maximum Gasteiger partial charge on any atom is 0.129 e. The molecule has 2 saturated carbocycles. The summed E-state index contributed by atoms with van der Waals surface area (Å²) in [5.41, 5.74) is 0.834. The zero-order valence-electron chi connectivity index (χ0n) is 16.2. The van der Waals surface area contributed by atoms with E-state index in [4.69, 9.17) is 5.11 Å². The van der Waals surface area contributed by atoms with Crippen LogP contribution in [0.4, 0.5) is 8.78 Å². The van der Waals surface area contributed by atoms with Gasteiger partial charge < -0.3 is 5.11 Å². The van der Waals surface area contributed by atoms with Gasteiger partial charge in [-0.25, -0.2) is 8.78 Å². The van der Waals surface area contributed by atoms with E-state index >= 15 is 0 Å². The summed E-state index contributed by atoms with van der Waals surface area (Å²) in [6.07, 6.45) is 12.8. The molecule has 2 fully saturated rings. The van der Waals surface area contributed by atoms with Crippen LogP contribution in [0.5, 0.6) is 0 Å². The summed E-state index contributed by atoms with van der Waals surface area (Å²) in [4.78, 5) is 0. The van der Waals surface area contributed by atoms with E-state index < -0.39 is 11.6 Å². The third kappa shape index (κ3) is 4.65. The fourth-order valence-corrected chi connectivity index (χ4v) is 5.49. The Morgan fingerprint density at radius 1 is 0.885 bits per heavy atom. The Hall–Kier alpha value is -0.960. The van der Waals surface area contributed by atoms with Crippen LogP contribution in [0.3, 0.4) is 0 Å². The lowest BCUT2D eigenvalue weighted by atomic mass is 9.68. The van der Waals surface area contributed by atoms with Crippen LogP contribution in [-0.4, -0.2) is 11.7 Å². The summed E-state index contributed by atoms with van der Waals surface area (Å²) in [6, 6.07) is 3.02. The molecule has 1 nitrogen and oxygen atoms in total. The van der Waals surface area contributed by atoms with E-state index in [0.29, 0.717) is 0 Å². The molecule has 0 unspecified atom stereocenters. The first kappa shape index (κ1) is 19.8. The minimum Gasteiger partial charge on any atom is -0.396 e. The van der Waals surface area contributed by atoms with E-state index in [1.807, 2.05) is 0 Å². The van der Waals surface area contributed by atoms with Crippen LogP contribution in [0.25, 0.3) is 0 Å². The summed E-state index contributed by atoms with van der Waals surface area (Å²) in [5, 5.41) is 8.95. The van der Waals surface area contributed by atoms with Crippen LogP contribution in [-0.2, 0) is 6.42 Å². The lowest BCUT2D eigenvalue weighted by molar-refractivity contribution is 0.156. The molecule has 0 bridgehead atoms. The molecule has 1 N–H and O–H groups in total. The molecule has 0 spiro atoms. The van der Waals surface area contributed by atoms with E-state index in [9.17, 15) is 8.78 Å². The van der Waals surface area contributed by atoms with Gasteiger partial charge in [-0.1, -0.05) is 32.6 Å². The van der Waals surface area contributed by atoms with Gasteiger partial charge in [0.05, 0.1) is 0 Å². The summed E-state index contributed by atoms with van der Waals surface area (Å²) < 4.78 is 28.3. The van der Waals surface area contributed by atoms with Crippen molar-refractivity contribution in [3.63, 3.8) is 0 Å². The first-order chi connectivity index (χ1) is 12.6. The molecule has 0 heterocycles. The Balaban J connectivity index is 1.54. The highest BCUT2D eigenvalue weighted by Crippen LogP contribution is 2.44. The van der Waals surface area contributed by atoms with Gasteiger partial charge >= 0.3 is 0 Å². The Kier molecular flexibility index (Phi) is 7.08.